The highest BCUT2D eigenvalue weighted by Crippen LogP contribution is 1.90. The topological polar surface area (TPSA) is 69.0 Å². The summed E-state index contributed by atoms with van der Waals surface area (Å²) in [6, 6.07) is 0. The summed E-state index contributed by atoms with van der Waals surface area (Å²) in [4.78, 5) is 15.2. The number of nitrogens with zero attached hydrogens (tertiary/aromatic N) is 3. The van der Waals surface area contributed by atoms with Crippen molar-refractivity contribution in [1.29, 1.82) is 0 Å². The van der Waals surface area contributed by atoms with Crippen LogP contribution in [-0.2, 0) is 23.1 Å². The van der Waals surface area contributed by atoms with Gasteiger partial charge in [0.1, 0.15) is 12.4 Å². The average molecular weight is 198 g/mol. The van der Waals surface area contributed by atoms with Gasteiger partial charge in [0.2, 0.25) is 5.91 Å². The van der Waals surface area contributed by atoms with Crippen molar-refractivity contribution in [1.82, 2.24) is 20.1 Å². The molecule has 6 heteroatoms. The molecule has 1 aromatic rings. The Labute approximate surface area is 82.3 Å². The Kier molecular flexibility index (Phi) is 3.58. The molecule has 0 saturated heterocycles. The lowest BCUT2D eigenvalue weighted by atomic mass is 10.4. The van der Waals surface area contributed by atoms with Crippen LogP contribution in [0.4, 0.5) is 0 Å². The van der Waals surface area contributed by atoms with Crippen LogP contribution < -0.4 is 5.32 Å². The lowest BCUT2D eigenvalue weighted by Gasteiger charge is -2.08. The minimum atomic E-state index is -0.446. The number of hydrogen-bond acceptors (Lipinski definition) is 4. The van der Waals surface area contributed by atoms with E-state index in [9.17, 15) is 4.79 Å². The molecular weight excluding hydrogens is 184 g/mol. The molecule has 6 nitrogen and oxygen atoms in total. The Morgan fingerprint density at radius 1 is 1.79 bits per heavy atom. The molecule has 0 saturated carbocycles. The molecule has 1 amide bonds. The second-order valence-corrected chi connectivity index (χ2v) is 2.93. The maximum absolute atomic E-state index is 11.3. The largest absolute Gasteiger partial charge is 0.372 e. The van der Waals surface area contributed by atoms with Crippen molar-refractivity contribution >= 4 is 5.91 Å². The zero-order valence-electron chi connectivity index (χ0n) is 8.52. The molecule has 0 aliphatic carbocycles. The van der Waals surface area contributed by atoms with E-state index in [1.54, 1.807) is 25.0 Å². The zero-order chi connectivity index (χ0) is 10.6. The van der Waals surface area contributed by atoms with E-state index in [-0.39, 0.29) is 5.91 Å². The van der Waals surface area contributed by atoms with Crippen LogP contribution in [0.5, 0.6) is 0 Å². The highest BCUT2D eigenvalue weighted by Gasteiger charge is 2.11. The van der Waals surface area contributed by atoms with E-state index in [1.807, 2.05) is 0 Å². The number of methoxy groups -OCH3 is 1. The minimum Gasteiger partial charge on any atom is -0.372 e. The average Bonchev–Trinajstić information content (AvgIpc) is 2.59. The van der Waals surface area contributed by atoms with E-state index < -0.39 is 6.10 Å². The summed E-state index contributed by atoms with van der Waals surface area (Å²) in [5, 5.41) is 6.68. The molecule has 1 atom stereocenters. The SMILES string of the molecule is COC(C)C(=O)NCc1ncn(C)n1. The Balaban J connectivity index is 2.37. The monoisotopic (exact) mass is 198 g/mol. The molecule has 78 valence electrons. The fraction of sp³-hybridized carbons (Fsp3) is 0.625. The highest BCUT2D eigenvalue weighted by atomic mass is 16.5. The Morgan fingerprint density at radius 3 is 3.00 bits per heavy atom. The lowest BCUT2D eigenvalue weighted by molar-refractivity contribution is -0.130. The first-order valence-corrected chi connectivity index (χ1v) is 4.28. The van der Waals surface area contributed by atoms with Crippen molar-refractivity contribution in [3.63, 3.8) is 0 Å². The molecule has 1 rings (SSSR count). The van der Waals surface area contributed by atoms with Gasteiger partial charge in [-0.15, -0.1) is 0 Å². The molecule has 14 heavy (non-hydrogen) atoms. The number of rotatable bonds is 4. The first kappa shape index (κ1) is 10.6. The Hall–Kier alpha value is -1.43. The van der Waals surface area contributed by atoms with Gasteiger partial charge >= 0.3 is 0 Å². The van der Waals surface area contributed by atoms with Crippen LogP contribution in [0, 0.1) is 0 Å². The number of hydrogen-bond donors (Lipinski definition) is 1. The van der Waals surface area contributed by atoms with Crippen molar-refractivity contribution in [2.45, 2.75) is 19.6 Å². The minimum absolute atomic E-state index is 0.167. The van der Waals surface area contributed by atoms with Gasteiger partial charge in [0.15, 0.2) is 5.82 Å². The van der Waals surface area contributed by atoms with E-state index in [1.165, 1.54) is 7.11 Å². The molecule has 0 radical (unpaired) electrons. The second kappa shape index (κ2) is 4.71. The molecule has 0 bridgehead atoms. The first-order valence-electron chi connectivity index (χ1n) is 4.28. The van der Waals surface area contributed by atoms with Crippen LogP contribution in [0.1, 0.15) is 12.7 Å². The molecule has 1 aromatic heterocycles. The summed E-state index contributed by atoms with van der Waals surface area (Å²) < 4.78 is 6.43. The highest BCUT2D eigenvalue weighted by molar-refractivity contribution is 5.80. The van der Waals surface area contributed by atoms with Crippen LogP contribution in [0.15, 0.2) is 6.33 Å². The zero-order valence-corrected chi connectivity index (χ0v) is 8.52. The van der Waals surface area contributed by atoms with E-state index in [2.05, 4.69) is 15.4 Å². The summed E-state index contributed by atoms with van der Waals surface area (Å²) in [6.45, 7) is 2.01. The van der Waals surface area contributed by atoms with E-state index in [0.29, 0.717) is 12.4 Å². The van der Waals surface area contributed by atoms with Gasteiger partial charge in [0, 0.05) is 14.2 Å². The molecule has 1 N–H and O–H groups in total. The number of carbonyl (C=O) groups excluding carboxylic acids is 1. The predicted molar refractivity (Wildman–Crippen MR) is 49.3 cm³/mol. The third kappa shape index (κ3) is 2.81. The third-order valence-electron chi connectivity index (χ3n) is 1.79. The van der Waals surface area contributed by atoms with Gasteiger partial charge in [0.05, 0.1) is 6.54 Å². The van der Waals surface area contributed by atoms with Crippen LogP contribution in [0.2, 0.25) is 0 Å². The Bertz CT molecular complexity index is 310. The van der Waals surface area contributed by atoms with Gasteiger partial charge in [-0.25, -0.2) is 4.98 Å². The van der Waals surface area contributed by atoms with E-state index in [0.717, 1.165) is 0 Å². The fourth-order valence-corrected chi connectivity index (χ4v) is 0.882. The number of ether oxygens (including phenoxy) is 1. The molecule has 1 unspecified atom stereocenters. The third-order valence-corrected chi connectivity index (χ3v) is 1.79. The molecular formula is C8H14N4O2. The van der Waals surface area contributed by atoms with Crippen molar-refractivity contribution < 1.29 is 9.53 Å². The van der Waals surface area contributed by atoms with Crippen LogP contribution in [-0.4, -0.2) is 33.9 Å². The van der Waals surface area contributed by atoms with E-state index >= 15 is 0 Å². The number of aromatic nitrogens is 3. The summed E-state index contributed by atoms with van der Waals surface area (Å²) in [5.41, 5.74) is 0. The molecule has 0 aliphatic heterocycles. The fourth-order valence-electron chi connectivity index (χ4n) is 0.882. The predicted octanol–water partition coefficient (Wildman–Crippen LogP) is -0.534. The first-order chi connectivity index (χ1) is 6.63. The molecule has 1 heterocycles. The van der Waals surface area contributed by atoms with Gasteiger partial charge in [0.25, 0.3) is 0 Å². The summed E-state index contributed by atoms with van der Waals surface area (Å²) in [7, 11) is 3.26. The molecule has 0 aromatic carbocycles. The number of aryl methyl sites for hydroxylation is 1. The van der Waals surface area contributed by atoms with Gasteiger partial charge in [-0.05, 0) is 6.92 Å². The number of carbonyl (C=O) groups is 1. The smallest absolute Gasteiger partial charge is 0.249 e. The molecule has 0 spiro atoms. The quantitative estimate of drug-likeness (QED) is 0.706. The summed E-state index contributed by atoms with van der Waals surface area (Å²) in [5.74, 6) is 0.420. The van der Waals surface area contributed by atoms with Crippen molar-refractivity contribution in [3.05, 3.63) is 12.2 Å². The second-order valence-electron chi connectivity index (χ2n) is 2.93. The summed E-state index contributed by atoms with van der Waals surface area (Å²) >= 11 is 0. The van der Waals surface area contributed by atoms with Crippen LogP contribution in [0.3, 0.4) is 0 Å². The molecule has 0 aliphatic rings. The Morgan fingerprint density at radius 2 is 2.50 bits per heavy atom. The van der Waals surface area contributed by atoms with Gasteiger partial charge in [-0.1, -0.05) is 0 Å². The number of amides is 1. The lowest BCUT2D eigenvalue weighted by Crippen LogP contribution is -2.33. The van der Waals surface area contributed by atoms with Crippen molar-refractivity contribution in [3.8, 4) is 0 Å². The molecule has 0 fully saturated rings. The van der Waals surface area contributed by atoms with Crippen molar-refractivity contribution in [2.75, 3.05) is 7.11 Å². The van der Waals surface area contributed by atoms with Gasteiger partial charge in [-0.3, -0.25) is 9.48 Å². The standard InChI is InChI=1S/C8H14N4O2/c1-6(14-3)8(13)9-4-7-10-5-12(2)11-7/h5-6H,4H2,1-3H3,(H,9,13). The van der Waals surface area contributed by atoms with Crippen molar-refractivity contribution in [2.24, 2.45) is 7.05 Å². The summed E-state index contributed by atoms with van der Waals surface area (Å²) in [6.07, 6.45) is 1.14. The maximum Gasteiger partial charge on any atom is 0.249 e. The van der Waals surface area contributed by atoms with Gasteiger partial charge in [-0.2, -0.15) is 5.10 Å². The van der Waals surface area contributed by atoms with Gasteiger partial charge < -0.3 is 10.1 Å². The number of nitrogens with one attached hydrogen (secondary N) is 1. The van der Waals surface area contributed by atoms with Crippen LogP contribution >= 0.6 is 0 Å². The maximum atomic E-state index is 11.3. The van der Waals surface area contributed by atoms with Crippen LogP contribution in [0.25, 0.3) is 0 Å². The van der Waals surface area contributed by atoms with E-state index in [4.69, 9.17) is 4.74 Å². The normalized spacial score (nSPS) is 12.5.